The first-order valence-electron chi connectivity index (χ1n) is 8.91. The maximum absolute atomic E-state index is 12.2. The number of methoxy groups -OCH3 is 1. The quantitative estimate of drug-likeness (QED) is 0.834. The van der Waals surface area contributed by atoms with Gasteiger partial charge in [0.05, 0.1) is 7.11 Å². The fraction of sp³-hybridized carbons (Fsp3) is 0.333. The van der Waals surface area contributed by atoms with Gasteiger partial charge in [0.25, 0.3) is 0 Å². The van der Waals surface area contributed by atoms with Gasteiger partial charge in [-0.2, -0.15) is 0 Å². The number of ether oxygens (including phenoxy) is 1. The van der Waals surface area contributed by atoms with Crippen molar-refractivity contribution in [1.82, 2.24) is 5.32 Å². The summed E-state index contributed by atoms with van der Waals surface area (Å²) in [6.07, 6.45) is 1.61. The molecule has 5 heteroatoms. The number of nitrogens with one attached hydrogen (secondary N) is 1. The molecule has 1 saturated heterocycles. The Morgan fingerprint density at radius 2 is 1.88 bits per heavy atom. The molecule has 3 rings (SSSR count). The molecule has 0 radical (unpaired) electrons. The molecule has 0 bridgehead atoms. The largest absolute Gasteiger partial charge is 0.497 e. The minimum Gasteiger partial charge on any atom is -0.497 e. The molecular formula is C21H24N2O3. The number of nitrogens with zero attached hydrogens (tertiary/aromatic N) is 1. The molecule has 136 valence electrons. The number of rotatable bonds is 7. The van der Waals surface area contributed by atoms with Crippen molar-refractivity contribution in [1.29, 1.82) is 0 Å². The summed E-state index contributed by atoms with van der Waals surface area (Å²) in [5.41, 5.74) is 2.03. The Labute approximate surface area is 154 Å². The number of carbonyl (C=O) groups excluding carboxylic acids is 2. The summed E-state index contributed by atoms with van der Waals surface area (Å²) < 4.78 is 5.13. The fourth-order valence-electron chi connectivity index (χ4n) is 3.17. The van der Waals surface area contributed by atoms with E-state index in [2.05, 4.69) is 5.32 Å². The zero-order valence-electron chi connectivity index (χ0n) is 15.0. The van der Waals surface area contributed by atoms with Gasteiger partial charge in [0.2, 0.25) is 11.8 Å². The van der Waals surface area contributed by atoms with Crippen molar-refractivity contribution in [2.45, 2.75) is 19.3 Å². The van der Waals surface area contributed by atoms with Crippen LogP contribution in [0.5, 0.6) is 5.75 Å². The minimum absolute atomic E-state index is 0.0198. The molecule has 26 heavy (non-hydrogen) atoms. The highest BCUT2D eigenvalue weighted by molar-refractivity contribution is 5.95. The number of benzene rings is 2. The van der Waals surface area contributed by atoms with Crippen LogP contribution >= 0.6 is 0 Å². The lowest BCUT2D eigenvalue weighted by molar-refractivity contribution is -0.121. The Morgan fingerprint density at radius 3 is 2.58 bits per heavy atom. The molecule has 2 aromatic carbocycles. The molecule has 1 heterocycles. The van der Waals surface area contributed by atoms with Gasteiger partial charge in [-0.05, 0) is 36.2 Å². The Hall–Kier alpha value is -2.82. The van der Waals surface area contributed by atoms with Gasteiger partial charge in [-0.25, -0.2) is 0 Å². The van der Waals surface area contributed by atoms with Gasteiger partial charge < -0.3 is 15.0 Å². The highest BCUT2D eigenvalue weighted by atomic mass is 16.5. The Bertz CT molecular complexity index is 744. The van der Waals surface area contributed by atoms with E-state index in [-0.39, 0.29) is 17.7 Å². The predicted octanol–water partition coefficient (Wildman–Crippen LogP) is 2.80. The third kappa shape index (κ3) is 4.63. The van der Waals surface area contributed by atoms with Crippen LogP contribution in [-0.4, -0.2) is 32.0 Å². The average molecular weight is 352 g/mol. The minimum atomic E-state index is 0.0198. The summed E-state index contributed by atoms with van der Waals surface area (Å²) >= 11 is 0. The lowest BCUT2D eigenvalue weighted by Gasteiger charge is -2.16. The van der Waals surface area contributed by atoms with Crippen LogP contribution in [-0.2, 0) is 16.0 Å². The van der Waals surface area contributed by atoms with E-state index >= 15 is 0 Å². The van der Waals surface area contributed by atoms with E-state index in [4.69, 9.17) is 4.74 Å². The second-order valence-electron chi connectivity index (χ2n) is 6.56. The second-order valence-corrected chi connectivity index (χ2v) is 6.56. The number of carbonyl (C=O) groups is 2. The van der Waals surface area contributed by atoms with E-state index in [1.54, 1.807) is 12.0 Å². The van der Waals surface area contributed by atoms with Crippen molar-refractivity contribution in [2.24, 2.45) is 5.92 Å². The Balaban J connectivity index is 1.42. The molecule has 2 amide bonds. The lowest BCUT2D eigenvalue weighted by Crippen LogP contribution is -2.31. The molecule has 1 N–H and O–H groups in total. The zero-order valence-corrected chi connectivity index (χ0v) is 15.0. The molecule has 1 fully saturated rings. The smallest absolute Gasteiger partial charge is 0.227 e. The van der Waals surface area contributed by atoms with Crippen LogP contribution in [0.2, 0.25) is 0 Å². The van der Waals surface area contributed by atoms with Gasteiger partial charge in [0.1, 0.15) is 5.75 Å². The highest BCUT2D eigenvalue weighted by Gasteiger charge is 2.30. The molecule has 1 unspecified atom stereocenters. The van der Waals surface area contributed by atoms with Crippen molar-refractivity contribution in [3.63, 3.8) is 0 Å². The van der Waals surface area contributed by atoms with E-state index in [1.807, 2.05) is 54.6 Å². The fourth-order valence-corrected chi connectivity index (χ4v) is 3.17. The Morgan fingerprint density at radius 1 is 1.15 bits per heavy atom. The van der Waals surface area contributed by atoms with Gasteiger partial charge in [-0.1, -0.05) is 30.3 Å². The first-order valence-corrected chi connectivity index (χ1v) is 8.91. The van der Waals surface area contributed by atoms with Crippen LogP contribution in [0, 0.1) is 5.92 Å². The van der Waals surface area contributed by atoms with Crippen molar-refractivity contribution in [3.05, 3.63) is 60.2 Å². The van der Waals surface area contributed by atoms with E-state index in [0.29, 0.717) is 32.4 Å². The molecule has 0 aromatic heterocycles. The van der Waals surface area contributed by atoms with Gasteiger partial charge in [-0.15, -0.1) is 0 Å². The van der Waals surface area contributed by atoms with Crippen molar-refractivity contribution in [3.8, 4) is 5.75 Å². The molecule has 1 atom stereocenters. The summed E-state index contributed by atoms with van der Waals surface area (Å²) in [6.45, 7) is 1.19. The molecule has 0 saturated carbocycles. The Kier molecular flexibility index (Phi) is 5.89. The predicted molar refractivity (Wildman–Crippen MR) is 101 cm³/mol. The lowest BCUT2D eigenvalue weighted by atomic mass is 10.1. The third-order valence-corrected chi connectivity index (χ3v) is 4.66. The number of para-hydroxylation sites is 1. The topological polar surface area (TPSA) is 58.6 Å². The van der Waals surface area contributed by atoms with Crippen LogP contribution < -0.4 is 15.0 Å². The first kappa shape index (κ1) is 18.0. The number of hydrogen-bond acceptors (Lipinski definition) is 3. The molecule has 0 spiro atoms. The number of hydrogen-bond donors (Lipinski definition) is 1. The second kappa shape index (κ2) is 8.52. The molecule has 2 aromatic rings. The van der Waals surface area contributed by atoms with Crippen molar-refractivity contribution < 1.29 is 14.3 Å². The average Bonchev–Trinajstić information content (AvgIpc) is 3.06. The normalized spacial score (nSPS) is 16.6. The SMILES string of the molecule is COc1ccc(CCC(=O)NCC2CC(=O)N(c3ccccc3)C2)cc1. The van der Waals surface area contributed by atoms with Crippen LogP contribution in [0.3, 0.4) is 0 Å². The van der Waals surface area contributed by atoms with Gasteiger partial charge in [0.15, 0.2) is 0 Å². The van der Waals surface area contributed by atoms with Crippen molar-refractivity contribution >= 4 is 17.5 Å². The summed E-state index contributed by atoms with van der Waals surface area (Å²) in [5.74, 6) is 1.11. The van der Waals surface area contributed by atoms with E-state index in [0.717, 1.165) is 17.0 Å². The number of amides is 2. The summed E-state index contributed by atoms with van der Waals surface area (Å²) in [4.78, 5) is 26.1. The van der Waals surface area contributed by atoms with E-state index in [9.17, 15) is 9.59 Å². The number of anilines is 1. The summed E-state index contributed by atoms with van der Waals surface area (Å²) in [5, 5.41) is 2.97. The maximum Gasteiger partial charge on any atom is 0.227 e. The van der Waals surface area contributed by atoms with Crippen molar-refractivity contribution in [2.75, 3.05) is 25.1 Å². The molecule has 1 aliphatic heterocycles. The van der Waals surface area contributed by atoms with E-state index in [1.165, 1.54) is 0 Å². The monoisotopic (exact) mass is 352 g/mol. The zero-order chi connectivity index (χ0) is 18.4. The first-order chi connectivity index (χ1) is 12.7. The maximum atomic E-state index is 12.2. The molecule has 1 aliphatic rings. The van der Waals surface area contributed by atoms with E-state index < -0.39 is 0 Å². The molecular weight excluding hydrogens is 328 g/mol. The third-order valence-electron chi connectivity index (χ3n) is 4.66. The molecule has 5 nitrogen and oxygen atoms in total. The van der Waals surface area contributed by atoms with Gasteiger partial charge in [-0.3, -0.25) is 9.59 Å². The summed E-state index contributed by atoms with van der Waals surface area (Å²) in [7, 11) is 1.63. The standard InChI is InChI=1S/C21H24N2O3/c1-26-19-10-7-16(8-11-19)9-12-20(24)22-14-17-13-21(25)23(15-17)18-5-3-2-4-6-18/h2-8,10-11,17H,9,12-15H2,1H3,(H,22,24). The van der Waals surface area contributed by atoms with Gasteiger partial charge >= 0.3 is 0 Å². The molecule has 0 aliphatic carbocycles. The number of aryl methyl sites for hydroxylation is 1. The highest BCUT2D eigenvalue weighted by Crippen LogP contribution is 2.24. The van der Waals surface area contributed by atoms with Crippen LogP contribution in [0.1, 0.15) is 18.4 Å². The van der Waals surface area contributed by atoms with Crippen LogP contribution in [0.25, 0.3) is 0 Å². The van der Waals surface area contributed by atoms with Crippen LogP contribution in [0.4, 0.5) is 5.69 Å². The van der Waals surface area contributed by atoms with Gasteiger partial charge in [0, 0.05) is 37.5 Å². The summed E-state index contributed by atoms with van der Waals surface area (Å²) in [6, 6.07) is 17.4. The van der Waals surface area contributed by atoms with Crippen LogP contribution in [0.15, 0.2) is 54.6 Å².